The Morgan fingerprint density at radius 2 is 2.00 bits per heavy atom. The first kappa shape index (κ1) is 20.4. The number of ether oxygens (including phenoxy) is 1. The van der Waals surface area contributed by atoms with E-state index in [1.807, 2.05) is 44.2 Å². The number of nitrogens with one attached hydrogen (secondary N) is 2. The van der Waals surface area contributed by atoms with Gasteiger partial charge in [-0.2, -0.15) is 0 Å². The number of anilines is 1. The molecule has 1 heterocycles. The minimum Gasteiger partial charge on any atom is -0.491 e. The standard InChI is InChI=1S/C22H23FN2O4/c1-14-6-8-16(21-9-7-15(2)29-21)10-20(14)25-22(27)24-12-18(26)13-28-19-5-3-4-17(23)11-19/h3-11,18,26H,12-13H2,1-2H3,(H2,24,25,27). The molecule has 0 radical (unpaired) electrons. The summed E-state index contributed by atoms with van der Waals surface area (Å²) >= 11 is 0. The molecule has 7 heteroatoms. The van der Waals surface area contributed by atoms with Crippen LogP contribution in [0.5, 0.6) is 5.75 Å². The molecule has 0 spiro atoms. The lowest BCUT2D eigenvalue weighted by atomic mass is 10.1. The van der Waals surface area contributed by atoms with Crippen molar-refractivity contribution in [3.05, 3.63) is 71.7 Å². The van der Waals surface area contributed by atoms with E-state index >= 15 is 0 Å². The summed E-state index contributed by atoms with van der Waals surface area (Å²) in [7, 11) is 0. The largest absolute Gasteiger partial charge is 0.491 e. The molecule has 0 aliphatic heterocycles. The smallest absolute Gasteiger partial charge is 0.319 e. The van der Waals surface area contributed by atoms with E-state index in [-0.39, 0.29) is 13.2 Å². The quantitative estimate of drug-likeness (QED) is 0.555. The Morgan fingerprint density at radius 1 is 1.17 bits per heavy atom. The van der Waals surface area contributed by atoms with Crippen LogP contribution in [0.2, 0.25) is 0 Å². The number of aliphatic hydroxyl groups excluding tert-OH is 1. The minimum atomic E-state index is -0.942. The van der Waals surface area contributed by atoms with Crippen molar-refractivity contribution in [1.29, 1.82) is 0 Å². The molecule has 2 aromatic carbocycles. The normalized spacial score (nSPS) is 11.7. The van der Waals surface area contributed by atoms with Gasteiger partial charge in [0, 0.05) is 23.9 Å². The molecule has 0 fully saturated rings. The van der Waals surface area contributed by atoms with Crippen molar-refractivity contribution < 1.29 is 23.4 Å². The van der Waals surface area contributed by atoms with Gasteiger partial charge in [0.2, 0.25) is 0 Å². The first-order chi connectivity index (χ1) is 13.9. The monoisotopic (exact) mass is 398 g/mol. The van der Waals surface area contributed by atoms with Crippen molar-refractivity contribution in [2.75, 3.05) is 18.5 Å². The maximum Gasteiger partial charge on any atom is 0.319 e. The second kappa shape index (κ2) is 9.25. The van der Waals surface area contributed by atoms with Crippen LogP contribution < -0.4 is 15.4 Å². The van der Waals surface area contributed by atoms with Gasteiger partial charge in [0.1, 0.15) is 35.8 Å². The molecule has 3 aromatic rings. The molecule has 0 aliphatic rings. The molecule has 0 saturated heterocycles. The van der Waals surface area contributed by atoms with Crippen LogP contribution in [0.3, 0.4) is 0 Å². The number of aliphatic hydroxyl groups is 1. The summed E-state index contributed by atoms with van der Waals surface area (Å²) in [5, 5.41) is 15.3. The second-order valence-electron chi connectivity index (χ2n) is 6.70. The van der Waals surface area contributed by atoms with Crippen molar-refractivity contribution in [3.8, 4) is 17.1 Å². The van der Waals surface area contributed by atoms with E-state index in [1.165, 1.54) is 18.2 Å². The van der Waals surface area contributed by atoms with Crippen LogP contribution in [0.15, 0.2) is 59.0 Å². The van der Waals surface area contributed by atoms with E-state index < -0.39 is 18.0 Å². The lowest BCUT2D eigenvalue weighted by molar-refractivity contribution is 0.108. The number of benzene rings is 2. The lowest BCUT2D eigenvalue weighted by Gasteiger charge is -2.15. The average molecular weight is 398 g/mol. The summed E-state index contributed by atoms with van der Waals surface area (Å²) in [5.41, 5.74) is 2.38. The topological polar surface area (TPSA) is 83.7 Å². The summed E-state index contributed by atoms with van der Waals surface area (Å²) in [4.78, 5) is 12.2. The highest BCUT2D eigenvalue weighted by atomic mass is 19.1. The lowest BCUT2D eigenvalue weighted by Crippen LogP contribution is -2.37. The molecular formula is C22H23FN2O4. The summed E-state index contributed by atoms with van der Waals surface area (Å²) in [6, 6.07) is 14.6. The van der Waals surface area contributed by atoms with Crippen LogP contribution in [0, 0.1) is 19.7 Å². The minimum absolute atomic E-state index is 0.0166. The highest BCUT2D eigenvalue weighted by Gasteiger charge is 2.11. The van der Waals surface area contributed by atoms with E-state index in [1.54, 1.807) is 6.07 Å². The Kier molecular flexibility index (Phi) is 6.51. The second-order valence-corrected chi connectivity index (χ2v) is 6.70. The fourth-order valence-electron chi connectivity index (χ4n) is 2.68. The zero-order valence-corrected chi connectivity index (χ0v) is 16.2. The zero-order chi connectivity index (χ0) is 20.8. The van der Waals surface area contributed by atoms with Gasteiger partial charge in [-0.05, 0) is 49.7 Å². The molecule has 29 heavy (non-hydrogen) atoms. The number of rotatable bonds is 7. The Morgan fingerprint density at radius 3 is 2.72 bits per heavy atom. The molecule has 1 atom stereocenters. The molecule has 6 nitrogen and oxygen atoms in total. The predicted octanol–water partition coefficient (Wildman–Crippen LogP) is 4.26. The van der Waals surface area contributed by atoms with Crippen molar-refractivity contribution in [1.82, 2.24) is 5.32 Å². The number of aryl methyl sites for hydroxylation is 2. The Bertz CT molecular complexity index is 986. The number of furan rings is 1. The van der Waals surface area contributed by atoms with Crippen LogP contribution in [0.1, 0.15) is 11.3 Å². The van der Waals surface area contributed by atoms with Crippen molar-refractivity contribution in [3.63, 3.8) is 0 Å². The SMILES string of the molecule is Cc1ccc(-c2ccc(C)c(NC(=O)NCC(O)COc3cccc(F)c3)c2)o1. The highest BCUT2D eigenvalue weighted by molar-refractivity contribution is 5.91. The van der Waals surface area contributed by atoms with Gasteiger partial charge in [0.15, 0.2) is 0 Å². The van der Waals surface area contributed by atoms with E-state index in [9.17, 15) is 14.3 Å². The number of carbonyl (C=O) groups excluding carboxylic acids is 1. The van der Waals surface area contributed by atoms with Gasteiger partial charge in [-0.3, -0.25) is 0 Å². The fourth-order valence-corrected chi connectivity index (χ4v) is 2.68. The molecule has 1 aromatic heterocycles. The first-order valence-corrected chi connectivity index (χ1v) is 9.19. The molecular weight excluding hydrogens is 375 g/mol. The van der Waals surface area contributed by atoms with Gasteiger partial charge in [0.05, 0.1) is 0 Å². The maximum absolute atomic E-state index is 13.1. The van der Waals surface area contributed by atoms with Crippen LogP contribution in [0.4, 0.5) is 14.9 Å². The molecule has 3 rings (SSSR count). The maximum atomic E-state index is 13.1. The third-order valence-corrected chi connectivity index (χ3v) is 4.25. The van der Waals surface area contributed by atoms with Crippen LogP contribution in [-0.2, 0) is 0 Å². The van der Waals surface area contributed by atoms with Crippen molar-refractivity contribution in [2.45, 2.75) is 20.0 Å². The number of halogens is 1. The van der Waals surface area contributed by atoms with E-state index in [2.05, 4.69) is 10.6 Å². The number of hydrogen-bond acceptors (Lipinski definition) is 4. The summed E-state index contributed by atoms with van der Waals surface area (Å²) in [5.74, 6) is 1.42. The summed E-state index contributed by atoms with van der Waals surface area (Å²) in [6.45, 7) is 3.66. The van der Waals surface area contributed by atoms with Gasteiger partial charge in [-0.1, -0.05) is 18.2 Å². The van der Waals surface area contributed by atoms with Gasteiger partial charge in [-0.15, -0.1) is 0 Å². The number of urea groups is 1. The van der Waals surface area contributed by atoms with Gasteiger partial charge >= 0.3 is 6.03 Å². The fraction of sp³-hybridized carbons (Fsp3) is 0.227. The van der Waals surface area contributed by atoms with Crippen LogP contribution in [-0.4, -0.2) is 30.4 Å². The molecule has 3 N–H and O–H groups in total. The predicted molar refractivity (Wildman–Crippen MR) is 109 cm³/mol. The van der Waals surface area contributed by atoms with Gasteiger partial charge < -0.3 is 24.9 Å². The van der Waals surface area contributed by atoms with Crippen LogP contribution in [0.25, 0.3) is 11.3 Å². The Balaban J connectivity index is 1.51. The first-order valence-electron chi connectivity index (χ1n) is 9.19. The van der Waals surface area contributed by atoms with Crippen LogP contribution >= 0.6 is 0 Å². The summed E-state index contributed by atoms with van der Waals surface area (Å²) in [6.07, 6.45) is -0.942. The van der Waals surface area contributed by atoms with E-state index in [4.69, 9.17) is 9.15 Å². The molecule has 1 unspecified atom stereocenters. The number of carbonyl (C=O) groups is 1. The Hall–Kier alpha value is -3.32. The molecule has 0 saturated carbocycles. The van der Waals surface area contributed by atoms with Crippen molar-refractivity contribution >= 4 is 11.7 Å². The summed E-state index contributed by atoms with van der Waals surface area (Å²) < 4.78 is 24.0. The van der Waals surface area contributed by atoms with Crippen molar-refractivity contribution in [2.24, 2.45) is 0 Å². The average Bonchev–Trinajstić information content (AvgIpc) is 3.13. The van der Waals surface area contributed by atoms with E-state index in [0.717, 1.165) is 22.6 Å². The van der Waals surface area contributed by atoms with Gasteiger partial charge in [-0.25, -0.2) is 9.18 Å². The van der Waals surface area contributed by atoms with E-state index in [0.29, 0.717) is 11.4 Å². The number of hydrogen-bond donors (Lipinski definition) is 3. The molecule has 0 bridgehead atoms. The highest BCUT2D eigenvalue weighted by Crippen LogP contribution is 2.26. The molecule has 0 aliphatic carbocycles. The zero-order valence-electron chi connectivity index (χ0n) is 16.2. The molecule has 2 amide bonds. The third kappa shape index (κ3) is 5.83. The van der Waals surface area contributed by atoms with Gasteiger partial charge in [0.25, 0.3) is 0 Å². The molecule has 152 valence electrons. The third-order valence-electron chi connectivity index (χ3n) is 4.25. The number of amides is 2. The Labute approximate surface area is 168 Å².